The molecular weight excluding hydrogens is 332 g/mol. The molecule has 0 aromatic carbocycles. The van der Waals surface area contributed by atoms with E-state index < -0.39 is 30.3 Å². The van der Waals surface area contributed by atoms with Crippen LogP contribution in [-0.2, 0) is 9.59 Å². The lowest BCUT2D eigenvalue weighted by Crippen LogP contribution is -2.34. The van der Waals surface area contributed by atoms with Crippen molar-refractivity contribution in [3.63, 3.8) is 0 Å². The summed E-state index contributed by atoms with van der Waals surface area (Å²) in [6, 6.07) is 0. The molecule has 0 aliphatic rings. The highest BCUT2D eigenvalue weighted by Crippen LogP contribution is 2.20. The van der Waals surface area contributed by atoms with Crippen molar-refractivity contribution >= 4 is 47.0 Å². The van der Waals surface area contributed by atoms with Gasteiger partial charge in [0, 0.05) is 0 Å². The summed E-state index contributed by atoms with van der Waals surface area (Å²) in [5.41, 5.74) is 15.3. The highest BCUT2D eigenvalue weighted by Gasteiger charge is 2.17. The zero-order valence-electron chi connectivity index (χ0n) is 11.5. The molecule has 0 aliphatic carbocycles. The van der Waals surface area contributed by atoms with Crippen molar-refractivity contribution in [3.8, 4) is 0 Å². The van der Waals surface area contributed by atoms with E-state index in [1.165, 1.54) is 0 Å². The van der Waals surface area contributed by atoms with E-state index >= 15 is 0 Å². The Morgan fingerprint density at radius 2 is 1.87 bits per heavy atom. The van der Waals surface area contributed by atoms with E-state index in [1.807, 2.05) is 0 Å². The van der Waals surface area contributed by atoms with E-state index in [9.17, 15) is 14.4 Å². The second-order valence-electron chi connectivity index (χ2n) is 3.96. The first-order chi connectivity index (χ1) is 10.7. The van der Waals surface area contributed by atoms with Crippen molar-refractivity contribution in [3.05, 3.63) is 10.8 Å². The molecule has 0 saturated carbocycles. The van der Waals surface area contributed by atoms with Gasteiger partial charge in [0.2, 0.25) is 5.91 Å². The zero-order chi connectivity index (χ0) is 17.6. The monoisotopic (exact) mass is 344 g/mol. The molecule has 13 heteroatoms. The highest BCUT2D eigenvalue weighted by atomic mass is 35.5. The fourth-order valence-electron chi connectivity index (χ4n) is 1.27. The molecule has 2 amide bonds. The number of carboxylic acid groups (broad SMARTS) is 1. The summed E-state index contributed by atoms with van der Waals surface area (Å²) in [5, 5.41) is 12.8. The van der Waals surface area contributed by atoms with Gasteiger partial charge in [0.15, 0.2) is 28.4 Å². The number of nitrogens with one attached hydrogen (secondary N) is 2. The Labute approximate surface area is 134 Å². The maximum atomic E-state index is 11.6. The lowest BCUT2D eigenvalue weighted by Gasteiger charge is -2.09. The fraction of sp³-hybridized carbons (Fsp3) is 0.200. The molecule has 9 N–H and O–H groups in total. The molecule has 1 rings (SSSR count). The number of carbonyl (C=O) groups is 3. The largest absolute Gasteiger partial charge is 0.480 e. The molecule has 0 unspecified atom stereocenters. The van der Waals surface area contributed by atoms with Gasteiger partial charge in [-0.25, -0.2) is 9.97 Å². The molecule has 0 spiro atoms. The van der Waals surface area contributed by atoms with Gasteiger partial charge in [-0.05, 0) is 0 Å². The van der Waals surface area contributed by atoms with Crippen LogP contribution in [-0.4, -0.2) is 51.9 Å². The number of nitrogens with two attached hydrogens (primary N) is 3. The number of amides is 2. The fourth-order valence-corrected chi connectivity index (χ4v) is 1.46. The quantitative estimate of drug-likeness (QED) is 0.240. The predicted molar refractivity (Wildman–Crippen MR) is 80.7 cm³/mol. The summed E-state index contributed by atoms with van der Waals surface area (Å²) in [6.07, 6.45) is 0. The van der Waals surface area contributed by atoms with E-state index in [1.54, 1.807) is 0 Å². The Morgan fingerprint density at radius 1 is 1.22 bits per heavy atom. The predicted octanol–water partition coefficient (Wildman–Crippen LogP) is -2.26. The zero-order valence-corrected chi connectivity index (χ0v) is 12.3. The number of nitrogens with zero attached hydrogens (tertiary/aromatic N) is 3. The molecule has 1 heterocycles. The smallest absolute Gasteiger partial charge is 0.322 e. The van der Waals surface area contributed by atoms with Crippen LogP contribution in [0.15, 0.2) is 4.99 Å². The third-order valence-corrected chi connectivity index (χ3v) is 2.43. The van der Waals surface area contributed by atoms with Gasteiger partial charge in [-0.1, -0.05) is 11.6 Å². The van der Waals surface area contributed by atoms with Gasteiger partial charge >= 0.3 is 11.9 Å². The van der Waals surface area contributed by atoms with E-state index in [4.69, 9.17) is 33.9 Å². The maximum absolute atomic E-state index is 11.6. The first-order valence-electron chi connectivity index (χ1n) is 5.90. The van der Waals surface area contributed by atoms with Gasteiger partial charge in [-0.2, -0.15) is 4.99 Å². The number of anilines is 2. The molecule has 124 valence electrons. The number of aromatic nitrogens is 2. The number of carbonyl (C=O) groups excluding carboxylic acids is 2. The molecule has 12 nitrogen and oxygen atoms in total. The van der Waals surface area contributed by atoms with Gasteiger partial charge in [0.05, 0.1) is 6.54 Å². The van der Waals surface area contributed by atoms with Crippen molar-refractivity contribution in [1.29, 1.82) is 0 Å². The van der Waals surface area contributed by atoms with Crippen molar-refractivity contribution in [1.82, 2.24) is 15.3 Å². The number of guanidine groups is 1. The SMILES string of the molecule is NC(N)=NC(=O)c1nc(Cl)c(NCC(=O)NCC(=O)O)nc1N. The normalized spacial score (nSPS) is 9.78. The minimum atomic E-state index is -1.19. The Kier molecular flexibility index (Phi) is 6.03. The van der Waals surface area contributed by atoms with E-state index in [-0.39, 0.29) is 29.0 Å². The van der Waals surface area contributed by atoms with Crippen molar-refractivity contribution in [2.75, 3.05) is 24.1 Å². The second-order valence-corrected chi connectivity index (χ2v) is 4.32. The van der Waals surface area contributed by atoms with Crippen LogP contribution < -0.4 is 27.8 Å². The summed E-state index contributed by atoms with van der Waals surface area (Å²) >= 11 is 5.81. The standard InChI is InChI=1S/C10H13ClN8O4/c11-6-8(16-1-3(20)15-2-4(21)22)18-7(12)5(17-6)9(23)19-10(13)14/h1-2H2,(H,15,20)(H,21,22)(H3,12,16,18)(H4,13,14,19,23). The molecule has 0 aliphatic heterocycles. The van der Waals surface area contributed by atoms with Gasteiger partial charge in [0.1, 0.15) is 6.54 Å². The topological polar surface area (TPSA) is 212 Å². The molecule has 0 radical (unpaired) electrons. The van der Waals surface area contributed by atoms with Crippen LogP contribution in [0.3, 0.4) is 0 Å². The van der Waals surface area contributed by atoms with Crippen molar-refractivity contribution in [2.45, 2.75) is 0 Å². The number of hydrogen-bond acceptors (Lipinski definition) is 7. The molecule has 23 heavy (non-hydrogen) atoms. The van der Waals surface area contributed by atoms with Crippen LogP contribution in [0, 0.1) is 0 Å². The average Bonchev–Trinajstić information content (AvgIpc) is 2.44. The van der Waals surface area contributed by atoms with E-state index in [2.05, 4.69) is 25.6 Å². The van der Waals surface area contributed by atoms with E-state index in [0.717, 1.165) is 0 Å². The lowest BCUT2D eigenvalue weighted by atomic mass is 10.4. The molecule has 1 aromatic rings. The average molecular weight is 345 g/mol. The van der Waals surface area contributed by atoms with Crippen LogP contribution in [0.2, 0.25) is 5.15 Å². The number of rotatable bonds is 6. The van der Waals surface area contributed by atoms with Gasteiger partial charge in [0.25, 0.3) is 0 Å². The first-order valence-corrected chi connectivity index (χ1v) is 6.27. The third kappa shape index (κ3) is 5.62. The summed E-state index contributed by atoms with van der Waals surface area (Å²) in [4.78, 5) is 44.0. The number of aliphatic imine (C=N–C) groups is 1. The van der Waals surface area contributed by atoms with Gasteiger partial charge in [-0.3, -0.25) is 14.4 Å². The number of hydrogen-bond donors (Lipinski definition) is 6. The second kappa shape index (κ2) is 7.74. The minimum Gasteiger partial charge on any atom is -0.480 e. The van der Waals surface area contributed by atoms with E-state index in [0.29, 0.717) is 0 Å². The Balaban J connectivity index is 2.81. The van der Waals surface area contributed by atoms with Gasteiger partial charge < -0.3 is 32.9 Å². The molecule has 0 fully saturated rings. The first kappa shape index (κ1) is 17.9. The molecular formula is C10H13ClN8O4. The summed E-state index contributed by atoms with van der Waals surface area (Å²) < 4.78 is 0. The third-order valence-electron chi connectivity index (χ3n) is 2.17. The van der Waals surface area contributed by atoms with Crippen molar-refractivity contribution in [2.24, 2.45) is 16.5 Å². The van der Waals surface area contributed by atoms with Crippen LogP contribution in [0.25, 0.3) is 0 Å². The highest BCUT2D eigenvalue weighted by molar-refractivity contribution is 6.32. The molecule has 0 saturated heterocycles. The Bertz CT molecular complexity index is 673. The number of aliphatic carboxylic acids is 1. The minimum absolute atomic E-state index is 0.0732. The van der Waals surface area contributed by atoms with Crippen LogP contribution >= 0.6 is 11.6 Å². The van der Waals surface area contributed by atoms with Gasteiger partial charge in [-0.15, -0.1) is 0 Å². The number of nitrogen functional groups attached to an aromatic ring is 1. The summed E-state index contributed by atoms with van der Waals surface area (Å²) in [6.45, 7) is -0.865. The molecule has 0 atom stereocenters. The molecule has 1 aromatic heterocycles. The summed E-state index contributed by atoms with van der Waals surface area (Å²) in [5.74, 6) is -3.60. The number of halogens is 1. The van der Waals surface area contributed by atoms with Crippen LogP contribution in [0.5, 0.6) is 0 Å². The summed E-state index contributed by atoms with van der Waals surface area (Å²) in [7, 11) is 0. The Hall–Kier alpha value is -3.15. The Morgan fingerprint density at radius 3 is 2.43 bits per heavy atom. The molecule has 0 bridgehead atoms. The lowest BCUT2D eigenvalue weighted by molar-refractivity contribution is -0.137. The number of carboxylic acids is 1. The van der Waals surface area contributed by atoms with Crippen molar-refractivity contribution < 1.29 is 19.5 Å². The maximum Gasteiger partial charge on any atom is 0.322 e. The van der Waals surface area contributed by atoms with Crippen LogP contribution in [0.4, 0.5) is 11.6 Å². The van der Waals surface area contributed by atoms with Crippen LogP contribution in [0.1, 0.15) is 10.5 Å².